The van der Waals surface area contributed by atoms with Gasteiger partial charge >= 0.3 is 0 Å². The van der Waals surface area contributed by atoms with E-state index in [9.17, 15) is 4.79 Å². The van der Waals surface area contributed by atoms with Crippen molar-refractivity contribution in [2.24, 2.45) is 5.16 Å². The third-order valence-corrected chi connectivity index (χ3v) is 3.27. The van der Waals surface area contributed by atoms with Crippen molar-refractivity contribution in [3.63, 3.8) is 0 Å². The smallest absolute Gasteiger partial charge is 0.253 e. The molecule has 0 aliphatic carbocycles. The first-order chi connectivity index (χ1) is 8.00. The number of benzene rings is 1. The zero-order valence-corrected chi connectivity index (χ0v) is 11.0. The maximum atomic E-state index is 11.2. The predicted molar refractivity (Wildman–Crippen MR) is 68.1 cm³/mol. The number of halogens is 2. The Morgan fingerprint density at radius 2 is 2.24 bits per heavy atom. The van der Waals surface area contributed by atoms with E-state index >= 15 is 0 Å². The fourth-order valence-electron chi connectivity index (χ4n) is 1.83. The van der Waals surface area contributed by atoms with Gasteiger partial charge < -0.3 is 4.84 Å². The van der Waals surface area contributed by atoms with E-state index in [4.69, 9.17) is 28.0 Å². The van der Waals surface area contributed by atoms with Crippen molar-refractivity contribution in [3.8, 4) is 0 Å². The van der Waals surface area contributed by atoms with Crippen LogP contribution in [-0.2, 0) is 4.84 Å². The average molecular weight is 272 g/mol. The van der Waals surface area contributed by atoms with Crippen LogP contribution in [0.3, 0.4) is 0 Å². The van der Waals surface area contributed by atoms with Crippen LogP contribution in [0.5, 0.6) is 0 Å². The van der Waals surface area contributed by atoms with E-state index in [2.05, 4.69) is 5.16 Å². The van der Waals surface area contributed by atoms with Gasteiger partial charge in [-0.1, -0.05) is 22.8 Å². The predicted octanol–water partition coefficient (Wildman–Crippen LogP) is 3.54. The molecule has 3 nitrogen and oxygen atoms in total. The number of oxime groups is 1. The molecule has 0 amide bonds. The van der Waals surface area contributed by atoms with E-state index in [1.165, 1.54) is 0 Å². The van der Waals surface area contributed by atoms with Crippen molar-refractivity contribution in [2.45, 2.75) is 26.4 Å². The molecular formula is C12H11Cl2NO2. The highest BCUT2D eigenvalue weighted by Gasteiger charge is 2.23. The Labute approximate surface area is 109 Å². The van der Waals surface area contributed by atoms with E-state index in [1.54, 1.807) is 6.07 Å². The molecule has 1 atom stereocenters. The third-order valence-electron chi connectivity index (χ3n) is 2.67. The van der Waals surface area contributed by atoms with Crippen LogP contribution in [0.1, 0.15) is 34.8 Å². The zero-order valence-electron chi connectivity index (χ0n) is 9.46. The molecule has 0 N–H and O–H groups in total. The van der Waals surface area contributed by atoms with Crippen molar-refractivity contribution in [1.82, 2.24) is 0 Å². The van der Waals surface area contributed by atoms with Crippen LogP contribution >= 0.6 is 23.2 Å². The van der Waals surface area contributed by atoms with Gasteiger partial charge in [-0.25, -0.2) is 0 Å². The molecule has 2 rings (SSSR count). The maximum Gasteiger partial charge on any atom is 0.253 e. The molecule has 0 radical (unpaired) electrons. The van der Waals surface area contributed by atoms with E-state index in [0.717, 1.165) is 16.8 Å². The Bertz CT molecular complexity index is 511. The molecule has 0 bridgehead atoms. The number of rotatable bonds is 2. The molecule has 17 heavy (non-hydrogen) atoms. The number of hydrogen-bond donors (Lipinski definition) is 0. The first-order valence-electron chi connectivity index (χ1n) is 5.22. The molecule has 1 unspecified atom stereocenters. The summed E-state index contributed by atoms with van der Waals surface area (Å²) in [6, 6.07) is 3.43. The summed E-state index contributed by atoms with van der Waals surface area (Å²) in [4.78, 5) is 16.4. The second-order valence-corrected chi connectivity index (χ2v) is 4.77. The molecule has 0 fully saturated rings. The highest BCUT2D eigenvalue weighted by atomic mass is 35.5. The Balaban J connectivity index is 2.53. The second kappa shape index (κ2) is 4.67. The zero-order chi connectivity index (χ0) is 12.6. The lowest BCUT2D eigenvalue weighted by Gasteiger charge is -2.09. The standard InChI is InChI=1S/C12H11Cl2NO2/c1-6-3-4-8(12(14)16)11(13)10(6)9-5-7(2)17-15-9/h3-4,7H,5H2,1-2H3. The highest BCUT2D eigenvalue weighted by molar-refractivity contribution is 6.69. The monoisotopic (exact) mass is 271 g/mol. The van der Waals surface area contributed by atoms with Crippen molar-refractivity contribution in [1.29, 1.82) is 0 Å². The van der Waals surface area contributed by atoms with Gasteiger partial charge in [0.25, 0.3) is 5.24 Å². The molecule has 1 aliphatic heterocycles. The molecule has 0 aromatic heterocycles. The fraction of sp³-hybridized carbons (Fsp3) is 0.333. The molecule has 0 saturated heterocycles. The van der Waals surface area contributed by atoms with Crippen LogP contribution < -0.4 is 0 Å². The van der Waals surface area contributed by atoms with Gasteiger partial charge in [-0.15, -0.1) is 0 Å². The normalized spacial score (nSPS) is 18.8. The van der Waals surface area contributed by atoms with Crippen LogP contribution in [0, 0.1) is 6.92 Å². The van der Waals surface area contributed by atoms with Gasteiger partial charge in [-0.3, -0.25) is 4.79 Å². The molecule has 0 spiro atoms. The number of carbonyl (C=O) groups excluding carboxylic acids is 1. The minimum absolute atomic E-state index is 0.0378. The Kier molecular flexibility index (Phi) is 3.40. The van der Waals surface area contributed by atoms with Gasteiger partial charge in [0.2, 0.25) is 0 Å². The SMILES string of the molecule is Cc1ccc(C(=O)Cl)c(Cl)c1C1=NOC(C)C1. The van der Waals surface area contributed by atoms with Crippen LogP contribution in [-0.4, -0.2) is 17.1 Å². The van der Waals surface area contributed by atoms with Crippen LogP contribution in [0.2, 0.25) is 5.02 Å². The lowest BCUT2D eigenvalue weighted by molar-refractivity contribution is 0.0995. The van der Waals surface area contributed by atoms with Crippen molar-refractivity contribution >= 4 is 34.2 Å². The van der Waals surface area contributed by atoms with Gasteiger partial charge in [0.05, 0.1) is 16.3 Å². The average Bonchev–Trinajstić information content (AvgIpc) is 2.64. The molecule has 5 heteroatoms. The number of aryl methyl sites for hydroxylation is 1. The van der Waals surface area contributed by atoms with E-state index in [1.807, 2.05) is 19.9 Å². The molecule has 1 aromatic carbocycles. The summed E-state index contributed by atoms with van der Waals surface area (Å²) in [5.74, 6) is 0. The van der Waals surface area contributed by atoms with Crippen molar-refractivity contribution in [3.05, 3.63) is 33.8 Å². The van der Waals surface area contributed by atoms with E-state index in [-0.39, 0.29) is 6.10 Å². The topological polar surface area (TPSA) is 38.7 Å². The van der Waals surface area contributed by atoms with Gasteiger partial charge in [0.1, 0.15) is 6.10 Å². The lowest BCUT2D eigenvalue weighted by Crippen LogP contribution is -2.07. The summed E-state index contributed by atoms with van der Waals surface area (Å²) >= 11 is 11.7. The quantitative estimate of drug-likeness (QED) is 0.772. The summed E-state index contributed by atoms with van der Waals surface area (Å²) in [6.07, 6.45) is 0.719. The summed E-state index contributed by atoms with van der Waals surface area (Å²) < 4.78 is 0. The summed E-state index contributed by atoms with van der Waals surface area (Å²) in [6.45, 7) is 3.84. The molecule has 1 aromatic rings. The van der Waals surface area contributed by atoms with Crippen molar-refractivity contribution < 1.29 is 9.63 Å². The number of hydrogen-bond acceptors (Lipinski definition) is 3. The molecule has 1 heterocycles. The van der Waals surface area contributed by atoms with Crippen LogP contribution in [0.25, 0.3) is 0 Å². The Morgan fingerprint density at radius 1 is 1.53 bits per heavy atom. The maximum absolute atomic E-state index is 11.2. The number of nitrogens with zero attached hydrogens (tertiary/aromatic N) is 1. The second-order valence-electron chi connectivity index (χ2n) is 4.05. The highest BCUT2D eigenvalue weighted by Crippen LogP contribution is 2.29. The summed E-state index contributed by atoms with van der Waals surface area (Å²) in [7, 11) is 0. The minimum atomic E-state index is -0.566. The Hall–Kier alpha value is -1.06. The summed E-state index contributed by atoms with van der Waals surface area (Å²) in [5, 5.41) is 3.77. The van der Waals surface area contributed by atoms with Crippen molar-refractivity contribution in [2.75, 3.05) is 0 Å². The summed E-state index contributed by atoms with van der Waals surface area (Å²) in [5.41, 5.74) is 2.77. The third kappa shape index (κ3) is 2.31. The van der Waals surface area contributed by atoms with Crippen LogP contribution in [0.4, 0.5) is 0 Å². The lowest BCUT2D eigenvalue weighted by atomic mass is 9.98. The van der Waals surface area contributed by atoms with E-state index in [0.29, 0.717) is 17.0 Å². The van der Waals surface area contributed by atoms with Gasteiger partial charge in [0.15, 0.2) is 0 Å². The van der Waals surface area contributed by atoms with Gasteiger partial charge in [-0.2, -0.15) is 0 Å². The molecule has 90 valence electrons. The Morgan fingerprint density at radius 3 is 2.76 bits per heavy atom. The number of carbonyl (C=O) groups is 1. The van der Waals surface area contributed by atoms with Gasteiger partial charge in [0, 0.05) is 12.0 Å². The molecule has 1 aliphatic rings. The first-order valence-corrected chi connectivity index (χ1v) is 5.98. The first kappa shape index (κ1) is 12.4. The fourth-order valence-corrected chi connectivity index (χ4v) is 2.44. The van der Waals surface area contributed by atoms with Crippen LogP contribution in [0.15, 0.2) is 17.3 Å². The molecular weight excluding hydrogens is 261 g/mol. The minimum Gasteiger partial charge on any atom is -0.392 e. The molecule has 0 saturated carbocycles. The van der Waals surface area contributed by atoms with E-state index < -0.39 is 5.24 Å². The van der Waals surface area contributed by atoms with Gasteiger partial charge in [-0.05, 0) is 37.1 Å². The largest absolute Gasteiger partial charge is 0.392 e.